The lowest BCUT2D eigenvalue weighted by molar-refractivity contribution is 0.0165. The van der Waals surface area contributed by atoms with Crippen molar-refractivity contribution >= 4 is 0 Å². The molecule has 0 amide bonds. The van der Waals surface area contributed by atoms with Crippen LogP contribution in [0.25, 0.3) is 0 Å². The second kappa shape index (κ2) is 15.6. The summed E-state index contributed by atoms with van der Waals surface area (Å²) in [5.74, 6) is 1.41. The number of nitrogens with zero attached hydrogens (tertiary/aromatic N) is 3. The summed E-state index contributed by atoms with van der Waals surface area (Å²) in [4.78, 5) is 7.44. The van der Waals surface area contributed by atoms with Crippen molar-refractivity contribution in [1.82, 2.24) is 14.7 Å². The van der Waals surface area contributed by atoms with Crippen LogP contribution in [0.1, 0.15) is 72.6 Å². The maximum Gasteiger partial charge on any atom is 0.113 e. The SMILES string of the molecule is CC.CC.COCCN1CCC(CC2(F)CCN(CC3CCN(C)CC3)CC2)CC1. The van der Waals surface area contributed by atoms with Gasteiger partial charge in [0.05, 0.1) is 6.61 Å². The van der Waals surface area contributed by atoms with Crippen LogP contribution in [0.2, 0.25) is 0 Å². The van der Waals surface area contributed by atoms with Gasteiger partial charge in [-0.2, -0.15) is 0 Å². The zero-order valence-electron chi connectivity index (χ0n) is 21.1. The van der Waals surface area contributed by atoms with Crippen LogP contribution in [-0.2, 0) is 4.74 Å². The highest BCUT2D eigenvalue weighted by Crippen LogP contribution is 2.36. The van der Waals surface area contributed by atoms with Crippen molar-refractivity contribution < 1.29 is 9.13 Å². The van der Waals surface area contributed by atoms with E-state index in [9.17, 15) is 0 Å². The van der Waals surface area contributed by atoms with Crippen molar-refractivity contribution in [1.29, 1.82) is 0 Å². The Morgan fingerprint density at radius 3 is 1.87 bits per heavy atom. The number of rotatable bonds is 7. The molecule has 180 valence electrons. The van der Waals surface area contributed by atoms with Crippen LogP contribution in [0.15, 0.2) is 0 Å². The third-order valence-electron chi connectivity index (χ3n) is 7.08. The molecule has 5 heteroatoms. The molecule has 0 bridgehead atoms. The molecule has 0 aromatic carbocycles. The normalized spacial score (nSPS) is 24.5. The van der Waals surface area contributed by atoms with Gasteiger partial charge in [-0.1, -0.05) is 27.7 Å². The second-order valence-electron chi connectivity index (χ2n) is 9.18. The van der Waals surface area contributed by atoms with Crippen LogP contribution in [0.5, 0.6) is 0 Å². The summed E-state index contributed by atoms with van der Waals surface area (Å²) >= 11 is 0. The molecule has 3 fully saturated rings. The minimum atomic E-state index is -0.900. The van der Waals surface area contributed by atoms with Crippen molar-refractivity contribution in [2.45, 2.75) is 78.3 Å². The summed E-state index contributed by atoms with van der Waals surface area (Å²) < 4.78 is 20.6. The molecule has 0 N–H and O–H groups in total. The minimum absolute atomic E-state index is 0.583. The molecule has 4 nitrogen and oxygen atoms in total. The quantitative estimate of drug-likeness (QED) is 0.571. The predicted molar refractivity (Wildman–Crippen MR) is 128 cm³/mol. The first-order valence-corrected chi connectivity index (χ1v) is 12.9. The van der Waals surface area contributed by atoms with Crippen LogP contribution in [0.3, 0.4) is 0 Å². The van der Waals surface area contributed by atoms with Gasteiger partial charge in [0.25, 0.3) is 0 Å². The van der Waals surface area contributed by atoms with Crippen molar-refractivity contribution in [3.8, 4) is 0 Å². The van der Waals surface area contributed by atoms with Gasteiger partial charge < -0.3 is 19.4 Å². The summed E-state index contributed by atoms with van der Waals surface area (Å²) in [5, 5.41) is 0. The fraction of sp³-hybridized carbons (Fsp3) is 1.00. The van der Waals surface area contributed by atoms with Gasteiger partial charge in [-0.05, 0) is 90.0 Å². The largest absolute Gasteiger partial charge is 0.383 e. The highest BCUT2D eigenvalue weighted by Gasteiger charge is 2.37. The highest BCUT2D eigenvalue weighted by molar-refractivity contribution is 4.90. The third-order valence-corrected chi connectivity index (χ3v) is 7.08. The summed E-state index contributed by atoms with van der Waals surface area (Å²) in [6, 6.07) is 0. The van der Waals surface area contributed by atoms with Crippen LogP contribution < -0.4 is 0 Å². The lowest BCUT2D eigenvalue weighted by atomic mass is 9.80. The van der Waals surface area contributed by atoms with E-state index in [-0.39, 0.29) is 0 Å². The number of ether oxygens (including phenoxy) is 1. The number of hydrogen-bond acceptors (Lipinski definition) is 4. The van der Waals surface area contributed by atoms with Crippen LogP contribution in [0, 0.1) is 11.8 Å². The molecular formula is C25H52FN3O. The molecule has 3 heterocycles. The molecule has 3 aliphatic heterocycles. The fourth-order valence-electron chi connectivity index (χ4n) is 5.10. The fourth-order valence-corrected chi connectivity index (χ4v) is 5.10. The molecule has 0 unspecified atom stereocenters. The average Bonchev–Trinajstić information content (AvgIpc) is 2.79. The van der Waals surface area contributed by atoms with Crippen LogP contribution in [0.4, 0.5) is 4.39 Å². The number of halogens is 1. The number of hydrogen-bond donors (Lipinski definition) is 0. The summed E-state index contributed by atoms with van der Waals surface area (Å²) in [6.07, 6.45) is 7.26. The molecule has 0 atom stereocenters. The smallest absolute Gasteiger partial charge is 0.113 e. The Labute approximate surface area is 187 Å². The topological polar surface area (TPSA) is 19.0 Å². The summed E-state index contributed by atoms with van der Waals surface area (Å²) in [7, 11) is 3.98. The van der Waals surface area contributed by atoms with E-state index in [1.54, 1.807) is 7.11 Å². The minimum Gasteiger partial charge on any atom is -0.383 e. The molecule has 0 saturated carbocycles. The van der Waals surface area contributed by atoms with E-state index in [0.717, 1.165) is 77.4 Å². The van der Waals surface area contributed by atoms with E-state index >= 15 is 4.39 Å². The first-order valence-electron chi connectivity index (χ1n) is 12.9. The molecule has 0 radical (unpaired) electrons. The lowest BCUT2D eigenvalue weighted by Gasteiger charge is -2.41. The number of methoxy groups -OCH3 is 1. The Morgan fingerprint density at radius 1 is 0.800 bits per heavy atom. The van der Waals surface area contributed by atoms with E-state index in [4.69, 9.17) is 4.74 Å². The second-order valence-corrected chi connectivity index (χ2v) is 9.18. The van der Waals surface area contributed by atoms with Gasteiger partial charge in [-0.3, -0.25) is 0 Å². The Morgan fingerprint density at radius 2 is 1.33 bits per heavy atom. The van der Waals surface area contributed by atoms with Crippen molar-refractivity contribution in [3.63, 3.8) is 0 Å². The molecule has 3 rings (SSSR count). The maximum absolute atomic E-state index is 15.4. The first kappa shape index (κ1) is 27.8. The molecule has 0 aromatic heterocycles. The molecule has 0 aliphatic carbocycles. The first-order chi connectivity index (χ1) is 14.6. The van der Waals surface area contributed by atoms with Crippen LogP contribution >= 0.6 is 0 Å². The van der Waals surface area contributed by atoms with Crippen molar-refractivity contribution in [3.05, 3.63) is 0 Å². The monoisotopic (exact) mass is 429 g/mol. The van der Waals surface area contributed by atoms with Gasteiger partial charge >= 0.3 is 0 Å². The Kier molecular flexibility index (Phi) is 14.4. The zero-order valence-corrected chi connectivity index (χ0v) is 21.1. The van der Waals surface area contributed by atoms with Gasteiger partial charge in [-0.25, -0.2) is 4.39 Å². The van der Waals surface area contributed by atoms with E-state index in [1.165, 1.54) is 32.5 Å². The Hall–Kier alpha value is -0.230. The van der Waals surface area contributed by atoms with E-state index in [1.807, 2.05) is 27.7 Å². The van der Waals surface area contributed by atoms with Gasteiger partial charge in [0, 0.05) is 33.3 Å². The molecule has 30 heavy (non-hydrogen) atoms. The van der Waals surface area contributed by atoms with Gasteiger partial charge in [0.2, 0.25) is 0 Å². The standard InChI is InChI=1S/C21H40FN3O.2C2H6/c1-23-9-3-20(4-10-23)18-25-13-7-21(22,8-14-25)17-19-5-11-24(12-6-19)15-16-26-2;2*1-2/h19-20H,3-18H2,1-2H3;2*1-2H3. The Bertz CT molecular complexity index is 399. The van der Waals surface area contributed by atoms with E-state index in [0.29, 0.717) is 5.92 Å². The number of piperidine rings is 3. The summed E-state index contributed by atoms with van der Waals surface area (Å²) in [6.45, 7) is 17.7. The molecule has 0 spiro atoms. The van der Waals surface area contributed by atoms with Gasteiger partial charge in [0.15, 0.2) is 0 Å². The average molecular weight is 430 g/mol. The molecule has 0 aromatic rings. The number of likely N-dealkylation sites (tertiary alicyclic amines) is 3. The molecule has 3 aliphatic rings. The summed E-state index contributed by atoms with van der Waals surface area (Å²) in [5.41, 5.74) is -0.900. The van der Waals surface area contributed by atoms with Crippen molar-refractivity contribution in [2.75, 3.05) is 73.1 Å². The van der Waals surface area contributed by atoms with Crippen molar-refractivity contribution in [2.24, 2.45) is 11.8 Å². The van der Waals surface area contributed by atoms with Crippen LogP contribution in [-0.4, -0.2) is 93.5 Å². The maximum atomic E-state index is 15.4. The lowest BCUT2D eigenvalue weighted by Crippen LogP contribution is -2.46. The van der Waals surface area contributed by atoms with E-state index < -0.39 is 5.67 Å². The van der Waals surface area contributed by atoms with Gasteiger partial charge in [0.1, 0.15) is 5.67 Å². The zero-order chi connectivity index (χ0) is 22.4. The Balaban J connectivity index is 0.00000106. The van der Waals surface area contributed by atoms with Gasteiger partial charge in [-0.15, -0.1) is 0 Å². The van der Waals surface area contributed by atoms with E-state index in [2.05, 4.69) is 21.7 Å². The highest BCUT2D eigenvalue weighted by atomic mass is 19.1. The third kappa shape index (κ3) is 9.93. The predicted octanol–water partition coefficient (Wildman–Crippen LogP) is 4.93. The number of alkyl halides is 1. The molecule has 3 saturated heterocycles. The molecular weight excluding hydrogens is 377 g/mol.